The van der Waals surface area contributed by atoms with E-state index >= 15 is 0 Å². The number of H-pyrrole nitrogens is 1. The highest BCUT2D eigenvalue weighted by atomic mass is 35.5. The summed E-state index contributed by atoms with van der Waals surface area (Å²) in [7, 11) is 1.72. The minimum atomic E-state index is -0.152. The Morgan fingerprint density at radius 3 is 2.69 bits per heavy atom. The van der Waals surface area contributed by atoms with Crippen LogP contribution >= 0.6 is 11.6 Å². The lowest BCUT2D eigenvalue weighted by molar-refractivity contribution is -0.131. The van der Waals surface area contributed by atoms with Crippen molar-refractivity contribution in [2.24, 2.45) is 7.05 Å². The summed E-state index contributed by atoms with van der Waals surface area (Å²) in [5.41, 5.74) is 3.36. The van der Waals surface area contributed by atoms with Gasteiger partial charge in [-0.25, -0.2) is 4.79 Å². The summed E-state index contributed by atoms with van der Waals surface area (Å²) < 4.78 is 1.56. The van der Waals surface area contributed by atoms with E-state index < -0.39 is 0 Å². The van der Waals surface area contributed by atoms with Crippen LogP contribution in [0.4, 0.5) is 11.4 Å². The zero-order valence-electron chi connectivity index (χ0n) is 16.5. The highest BCUT2D eigenvalue weighted by molar-refractivity contribution is 6.30. The maximum atomic E-state index is 12.8. The Morgan fingerprint density at radius 2 is 1.97 bits per heavy atom. The number of carbonyl (C=O) groups excluding carboxylic acids is 1. The Bertz CT molecular complexity index is 1090. The van der Waals surface area contributed by atoms with Gasteiger partial charge in [-0.1, -0.05) is 11.6 Å². The Balaban J connectivity index is 1.37. The molecule has 7 nitrogen and oxygen atoms in total. The standard InChI is InChI=1S/C21H24ClN5O2/c1-14-13-26(17-6-3-15(22)4-7-17)9-10-27(14)20(28)12-23-16-5-8-18-19(11-16)25(2)21(29)24-18/h3-8,11,14,23H,9-10,12-13H2,1-2H3,(H,24,29)/t14-/m1/s1. The molecule has 0 bridgehead atoms. The molecular weight excluding hydrogens is 390 g/mol. The minimum absolute atomic E-state index is 0.0660. The molecule has 1 saturated heterocycles. The highest BCUT2D eigenvalue weighted by Gasteiger charge is 2.27. The molecule has 2 heterocycles. The summed E-state index contributed by atoms with van der Waals surface area (Å²) in [4.78, 5) is 31.5. The lowest BCUT2D eigenvalue weighted by Crippen LogP contribution is -2.55. The second-order valence-corrected chi connectivity index (χ2v) is 7.87. The van der Waals surface area contributed by atoms with Crippen molar-refractivity contribution < 1.29 is 4.79 Å². The van der Waals surface area contributed by atoms with E-state index in [0.29, 0.717) is 6.54 Å². The number of piperazine rings is 1. The number of aromatic nitrogens is 2. The first-order valence-corrected chi connectivity index (χ1v) is 10.0. The first kappa shape index (κ1) is 19.4. The Kier molecular flexibility index (Phi) is 5.24. The zero-order chi connectivity index (χ0) is 20.5. The van der Waals surface area contributed by atoms with Crippen LogP contribution < -0.4 is 15.9 Å². The normalized spacial score (nSPS) is 17.0. The molecule has 0 saturated carbocycles. The van der Waals surface area contributed by atoms with Crippen molar-refractivity contribution in [2.45, 2.75) is 13.0 Å². The number of amides is 1. The number of nitrogens with zero attached hydrogens (tertiary/aromatic N) is 3. The highest BCUT2D eigenvalue weighted by Crippen LogP contribution is 2.22. The summed E-state index contributed by atoms with van der Waals surface area (Å²) in [6, 6.07) is 13.5. The van der Waals surface area contributed by atoms with Crippen molar-refractivity contribution in [2.75, 3.05) is 36.4 Å². The topological polar surface area (TPSA) is 73.4 Å². The van der Waals surface area contributed by atoms with E-state index in [2.05, 4.69) is 22.1 Å². The average Bonchev–Trinajstić information content (AvgIpc) is 3.00. The lowest BCUT2D eigenvalue weighted by atomic mass is 10.1. The fraction of sp³-hybridized carbons (Fsp3) is 0.333. The molecule has 1 fully saturated rings. The van der Waals surface area contributed by atoms with E-state index in [9.17, 15) is 9.59 Å². The monoisotopic (exact) mass is 413 g/mol. The maximum absolute atomic E-state index is 12.8. The molecule has 2 aromatic carbocycles. The molecule has 1 atom stereocenters. The van der Waals surface area contributed by atoms with Gasteiger partial charge in [0, 0.05) is 49.1 Å². The summed E-state index contributed by atoms with van der Waals surface area (Å²) in [6.07, 6.45) is 0. The third-order valence-corrected chi connectivity index (χ3v) is 5.74. The van der Waals surface area contributed by atoms with E-state index in [1.54, 1.807) is 11.6 Å². The number of aryl methyl sites for hydroxylation is 1. The summed E-state index contributed by atoms with van der Waals surface area (Å²) in [5.74, 6) is 0.0660. The molecule has 0 aliphatic carbocycles. The summed E-state index contributed by atoms with van der Waals surface area (Å²) in [6.45, 7) is 4.53. The minimum Gasteiger partial charge on any atom is -0.376 e. The smallest absolute Gasteiger partial charge is 0.326 e. The molecule has 3 aromatic rings. The fourth-order valence-electron chi connectivity index (χ4n) is 3.83. The molecule has 1 aliphatic rings. The molecule has 8 heteroatoms. The first-order valence-electron chi connectivity index (χ1n) is 9.65. The van der Waals surface area contributed by atoms with E-state index in [1.807, 2.05) is 47.4 Å². The fourth-order valence-corrected chi connectivity index (χ4v) is 3.95. The average molecular weight is 414 g/mol. The van der Waals surface area contributed by atoms with E-state index in [4.69, 9.17) is 11.6 Å². The molecular formula is C21H24ClN5O2. The molecule has 0 radical (unpaired) electrons. The number of rotatable bonds is 4. The Morgan fingerprint density at radius 1 is 1.21 bits per heavy atom. The molecule has 0 unspecified atom stereocenters. The second kappa shape index (κ2) is 7.83. The van der Waals surface area contributed by atoms with E-state index in [1.165, 1.54) is 0 Å². The maximum Gasteiger partial charge on any atom is 0.326 e. The van der Waals surface area contributed by atoms with Gasteiger partial charge in [0.15, 0.2) is 0 Å². The van der Waals surface area contributed by atoms with Crippen LogP contribution in [0.25, 0.3) is 11.0 Å². The van der Waals surface area contributed by atoms with E-state index in [-0.39, 0.29) is 24.2 Å². The third-order valence-electron chi connectivity index (χ3n) is 5.49. The Hall–Kier alpha value is -2.93. The third kappa shape index (κ3) is 3.96. The van der Waals surface area contributed by atoms with Gasteiger partial charge in [-0.15, -0.1) is 0 Å². The SMILES string of the molecule is C[C@@H]1CN(c2ccc(Cl)cc2)CCN1C(=O)CNc1ccc2[nH]c(=O)n(C)c2c1. The number of nitrogens with one attached hydrogen (secondary N) is 2. The molecule has 152 valence electrons. The van der Waals surface area contributed by atoms with Gasteiger partial charge in [-0.05, 0) is 49.4 Å². The number of fused-ring (bicyclic) bond motifs is 1. The van der Waals surface area contributed by atoms with E-state index in [0.717, 1.165) is 40.5 Å². The van der Waals surface area contributed by atoms with Crippen molar-refractivity contribution in [3.8, 4) is 0 Å². The predicted octanol–water partition coefficient (Wildman–Crippen LogP) is 2.67. The van der Waals surface area contributed by atoms with Crippen LogP contribution in [0.1, 0.15) is 6.92 Å². The zero-order valence-corrected chi connectivity index (χ0v) is 17.2. The van der Waals surface area contributed by atoms with Gasteiger partial charge in [0.25, 0.3) is 0 Å². The lowest BCUT2D eigenvalue weighted by Gasteiger charge is -2.41. The number of aromatic amines is 1. The number of benzene rings is 2. The number of halogens is 1. The van der Waals surface area contributed by atoms with Gasteiger partial charge in [0.2, 0.25) is 5.91 Å². The van der Waals surface area contributed by atoms with Gasteiger partial charge in [0.05, 0.1) is 17.6 Å². The molecule has 4 rings (SSSR count). The summed E-state index contributed by atoms with van der Waals surface area (Å²) >= 11 is 5.97. The second-order valence-electron chi connectivity index (χ2n) is 7.43. The van der Waals surface area contributed by atoms with Crippen molar-refractivity contribution in [1.29, 1.82) is 0 Å². The largest absolute Gasteiger partial charge is 0.376 e. The molecule has 1 aliphatic heterocycles. The van der Waals surface area contributed by atoms with Crippen LogP contribution in [0.3, 0.4) is 0 Å². The number of imidazole rings is 1. The number of anilines is 2. The van der Waals surface area contributed by atoms with Crippen molar-refractivity contribution in [3.63, 3.8) is 0 Å². The van der Waals surface area contributed by atoms with Crippen LogP contribution in [0.2, 0.25) is 5.02 Å². The van der Waals surface area contributed by atoms with Gasteiger partial charge >= 0.3 is 5.69 Å². The molecule has 29 heavy (non-hydrogen) atoms. The van der Waals surface area contributed by atoms with Gasteiger partial charge in [-0.3, -0.25) is 9.36 Å². The number of hydrogen-bond acceptors (Lipinski definition) is 4. The molecule has 1 aromatic heterocycles. The molecule has 1 amide bonds. The molecule has 2 N–H and O–H groups in total. The van der Waals surface area contributed by atoms with Crippen LogP contribution in [0.5, 0.6) is 0 Å². The van der Waals surface area contributed by atoms with Crippen LogP contribution in [0.15, 0.2) is 47.3 Å². The molecule has 0 spiro atoms. The summed E-state index contributed by atoms with van der Waals surface area (Å²) in [5, 5.41) is 3.91. The van der Waals surface area contributed by atoms with Crippen LogP contribution in [-0.4, -0.2) is 52.6 Å². The predicted molar refractivity (Wildman–Crippen MR) is 117 cm³/mol. The van der Waals surface area contributed by atoms with Crippen molar-refractivity contribution >= 4 is 39.9 Å². The first-order chi connectivity index (χ1) is 13.9. The van der Waals surface area contributed by atoms with Crippen LogP contribution in [0, 0.1) is 0 Å². The number of carbonyl (C=O) groups is 1. The van der Waals surface area contributed by atoms with Gasteiger partial charge in [0.1, 0.15) is 0 Å². The van der Waals surface area contributed by atoms with Crippen molar-refractivity contribution in [1.82, 2.24) is 14.5 Å². The van der Waals surface area contributed by atoms with Crippen LogP contribution in [-0.2, 0) is 11.8 Å². The van der Waals surface area contributed by atoms with Gasteiger partial charge in [-0.2, -0.15) is 0 Å². The number of hydrogen-bond donors (Lipinski definition) is 2. The van der Waals surface area contributed by atoms with Gasteiger partial charge < -0.3 is 20.1 Å². The Labute approximate surface area is 173 Å². The quantitative estimate of drug-likeness (QED) is 0.689. The van der Waals surface area contributed by atoms with Crippen molar-refractivity contribution in [3.05, 3.63) is 58.0 Å².